The van der Waals surface area contributed by atoms with E-state index in [1.54, 1.807) is 6.21 Å². The molecule has 0 aromatic carbocycles. The molecule has 0 amide bonds. The van der Waals surface area contributed by atoms with Crippen molar-refractivity contribution in [3.05, 3.63) is 0 Å². The quantitative estimate of drug-likeness (QED) is 0.720. The molecule has 3 atom stereocenters. The number of halogens is 1. The van der Waals surface area contributed by atoms with Crippen LogP contribution in [0.4, 0.5) is 0 Å². The molecule has 6 nitrogen and oxygen atoms in total. The third kappa shape index (κ3) is 1.64. The Balaban J connectivity index is 1.88. The number of nitrogens with two attached hydrogens (primary N) is 1. The predicted octanol–water partition coefficient (Wildman–Crippen LogP) is 0.351. The number of ether oxygens (including phenoxy) is 1. The molecule has 0 aliphatic carbocycles. The molecule has 0 saturated carbocycles. The minimum atomic E-state index is -0.978. The van der Waals surface area contributed by atoms with Crippen LogP contribution in [-0.4, -0.2) is 47.7 Å². The SMILES string of the molecule is NC1([C@H]2CC[C@@H](CCl)O2)N=CN=C2C=NN=C21. The van der Waals surface area contributed by atoms with Crippen molar-refractivity contribution >= 4 is 35.6 Å². The van der Waals surface area contributed by atoms with Crippen LogP contribution in [0.15, 0.2) is 20.2 Å². The Morgan fingerprint density at radius 3 is 3.18 bits per heavy atom. The van der Waals surface area contributed by atoms with Crippen LogP contribution < -0.4 is 5.73 Å². The Bertz CT molecular complexity index is 458. The maximum atomic E-state index is 6.31. The molecule has 90 valence electrons. The summed E-state index contributed by atoms with van der Waals surface area (Å²) in [5.74, 6) is 0.472. The standard InChI is InChI=1S/C10H12ClN5O/c11-3-6-1-2-8(17-6)10(12)9-7(4-15-16-9)13-5-14-10/h4-6,8H,1-3,12H2/t6-,8+,10?/m0/s1. The Labute approximate surface area is 103 Å². The fourth-order valence-electron chi connectivity index (χ4n) is 2.26. The Morgan fingerprint density at radius 2 is 2.41 bits per heavy atom. The van der Waals surface area contributed by atoms with E-state index >= 15 is 0 Å². The lowest BCUT2D eigenvalue weighted by Gasteiger charge is -2.32. The van der Waals surface area contributed by atoms with Gasteiger partial charge in [0.2, 0.25) is 0 Å². The van der Waals surface area contributed by atoms with Crippen molar-refractivity contribution in [1.82, 2.24) is 0 Å². The fourth-order valence-corrected chi connectivity index (χ4v) is 2.49. The highest BCUT2D eigenvalue weighted by atomic mass is 35.5. The van der Waals surface area contributed by atoms with Crippen LogP contribution in [0.5, 0.6) is 0 Å². The van der Waals surface area contributed by atoms with Gasteiger partial charge >= 0.3 is 0 Å². The van der Waals surface area contributed by atoms with E-state index in [1.165, 1.54) is 6.34 Å². The molecule has 3 aliphatic heterocycles. The van der Waals surface area contributed by atoms with E-state index in [1.807, 2.05) is 0 Å². The van der Waals surface area contributed by atoms with Crippen molar-refractivity contribution in [2.45, 2.75) is 30.7 Å². The van der Waals surface area contributed by atoms with Gasteiger partial charge in [-0.05, 0) is 12.8 Å². The molecule has 0 spiro atoms. The normalized spacial score (nSPS) is 39.2. The first-order valence-corrected chi connectivity index (χ1v) is 6.01. The van der Waals surface area contributed by atoms with Crippen LogP contribution >= 0.6 is 11.6 Å². The van der Waals surface area contributed by atoms with Gasteiger partial charge in [-0.1, -0.05) is 0 Å². The zero-order valence-electron chi connectivity index (χ0n) is 9.08. The summed E-state index contributed by atoms with van der Waals surface area (Å²) in [6, 6.07) is 0. The van der Waals surface area contributed by atoms with Crippen molar-refractivity contribution in [2.24, 2.45) is 25.9 Å². The molecule has 1 fully saturated rings. The summed E-state index contributed by atoms with van der Waals surface area (Å²) in [5, 5.41) is 7.83. The molecule has 0 radical (unpaired) electrons. The van der Waals surface area contributed by atoms with E-state index in [0.29, 0.717) is 17.3 Å². The third-order valence-corrected chi connectivity index (χ3v) is 3.54. The molecule has 1 unspecified atom stereocenters. The molecule has 1 saturated heterocycles. The molecule has 0 aromatic rings. The Kier molecular flexibility index (Phi) is 2.57. The number of fused-ring (bicyclic) bond motifs is 1. The number of alkyl halides is 1. The molecule has 0 bridgehead atoms. The number of hydrogen-bond acceptors (Lipinski definition) is 6. The van der Waals surface area contributed by atoms with Crippen molar-refractivity contribution < 1.29 is 4.74 Å². The van der Waals surface area contributed by atoms with E-state index in [4.69, 9.17) is 22.1 Å². The van der Waals surface area contributed by atoms with Crippen molar-refractivity contribution in [1.29, 1.82) is 0 Å². The first-order valence-electron chi connectivity index (χ1n) is 5.47. The van der Waals surface area contributed by atoms with Crippen molar-refractivity contribution in [3.8, 4) is 0 Å². The van der Waals surface area contributed by atoms with Gasteiger partial charge < -0.3 is 4.74 Å². The zero-order chi connectivity index (χ0) is 11.9. The molecule has 3 rings (SSSR count). The largest absolute Gasteiger partial charge is 0.369 e. The van der Waals surface area contributed by atoms with Crippen LogP contribution in [0.2, 0.25) is 0 Å². The average Bonchev–Trinajstić information content (AvgIpc) is 2.98. The summed E-state index contributed by atoms with van der Waals surface area (Å²) < 4.78 is 5.80. The lowest BCUT2D eigenvalue weighted by Crippen LogP contribution is -2.59. The fraction of sp³-hybridized carbons (Fsp3) is 0.600. The number of nitrogens with zero attached hydrogens (tertiary/aromatic N) is 4. The van der Waals surface area contributed by atoms with Crippen molar-refractivity contribution in [2.75, 3.05) is 5.88 Å². The first kappa shape index (κ1) is 11.0. The summed E-state index contributed by atoms with van der Waals surface area (Å²) in [5.41, 5.74) is 6.58. The highest BCUT2D eigenvalue weighted by Gasteiger charge is 2.48. The monoisotopic (exact) mass is 253 g/mol. The molecule has 3 heterocycles. The van der Waals surface area contributed by atoms with E-state index in [-0.39, 0.29) is 12.2 Å². The molecule has 2 N–H and O–H groups in total. The number of rotatable bonds is 2. The van der Waals surface area contributed by atoms with Crippen LogP contribution in [0, 0.1) is 0 Å². The van der Waals surface area contributed by atoms with Gasteiger partial charge in [-0.3, -0.25) is 5.73 Å². The summed E-state index contributed by atoms with van der Waals surface area (Å²) in [4.78, 5) is 8.32. The molecular formula is C10H12ClN5O. The van der Waals surface area contributed by atoms with E-state index in [0.717, 1.165) is 12.8 Å². The molecule has 0 aromatic heterocycles. The van der Waals surface area contributed by atoms with Crippen molar-refractivity contribution in [3.63, 3.8) is 0 Å². The lowest BCUT2D eigenvalue weighted by atomic mass is 9.92. The first-order chi connectivity index (χ1) is 8.24. The smallest absolute Gasteiger partial charge is 0.182 e. The van der Waals surface area contributed by atoms with Gasteiger partial charge in [0, 0.05) is 5.88 Å². The van der Waals surface area contributed by atoms with E-state index < -0.39 is 5.66 Å². The number of aliphatic imine (C=N–C) groups is 2. The van der Waals surface area contributed by atoms with Gasteiger partial charge in [0.15, 0.2) is 5.66 Å². The molecule has 7 heteroatoms. The average molecular weight is 254 g/mol. The summed E-state index contributed by atoms with van der Waals surface area (Å²) in [7, 11) is 0. The maximum absolute atomic E-state index is 6.31. The van der Waals surface area contributed by atoms with E-state index in [9.17, 15) is 0 Å². The second-order valence-electron chi connectivity index (χ2n) is 4.26. The highest BCUT2D eigenvalue weighted by Crippen LogP contribution is 2.31. The summed E-state index contributed by atoms with van der Waals surface area (Å²) >= 11 is 5.79. The van der Waals surface area contributed by atoms with E-state index in [2.05, 4.69) is 20.2 Å². The highest BCUT2D eigenvalue weighted by molar-refractivity contribution is 6.67. The lowest BCUT2D eigenvalue weighted by molar-refractivity contribution is 0.0303. The minimum Gasteiger partial charge on any atom is -0.369 e. The zero-order valence-corrected chi connectivity index (χ0v) is 9.84. The van der Waals surface area contributed by atoms with Crippen LogP contribution in [0.25, 0.3) is 0 Å². The van der Waals surface area contributed by atoms with Crippen LogP contribution in [0.3, 0.4) is 0 Å². The minimum absolute atomic E-state index is 0.0440. The predicted molar refractivity (Wildman–Crippen MR) is 67.4 cm³/mol. The van der Waals surface area contributed by atoms with Gasteiger partial charge in [-0.2, -0.15) is 5.10 Å². The summed E-state index contributed by atoms with van der Waals surface area (Å²) in [6.07, 6.45) is 4.57. The van der Waals surface area contributed by atoms with Gasteiger partial charge in [0.1, 0.15) is 23.9 Å². The van der Waals surface area contributed by atoms with Gasteiger partial charge in [0.25, 0.3) is 0 Å². The second kappa shape index (κ2) is 3.97. The van der Waals surface area contributed by atoms with Crippen LogP contribution in [-0.2, 0) is 4.74 Å². The number of hydrogen-bond donors (Lipinski definition) is 1. The molecule has 17 heavy (non-hydrogen) atoms. The Morgan fingerprint density at radius 1 is 1.53 bits per heavy atom. The topological polar surface area (TPSA) is 84.7 Å². The van der Waals surface area contributed by atoms with Crippen LogP contribution in [0.1, 0.15) is 12.8 Å². The summed E-state index contributed by atoms with van der Waals surface area (Å²) in [6.45, 7) is 0. The molecule has 3 aliphatic rings. The molecular weight excluding hydrogens is 242 g/mol. The third-order valence-electron chi connectivity index (χ3n) is 3.20. The van der Waals surface area contributed by atoms with Gasteiger partial charge in [-0.25, -0.2) is 9.98 Å². The van der Waals surface area contributed by atoms with Gasteiger partial charge in [-0.15, -0.1) is 16.7 Å². The second-order valence-corrected chi connectivity index (χ2v) is 4.56. The maximum Gasteiger partial charge on any atom is 0.182 e. The van der Waals surface area contributed by atoms with Gasteiger partial charge in [0.05, 0.1) is 12.3 Å². The Hall–Kier alpha value is -1.11.